The third-order valence-corrected chi connectivity index (χ3v) is 9.46. The monoisotopic (exact) mass is 417 g/mol. The van der Waals surface area contributed by atoms with Gasteiger partial charge in [0.25, 0.3) is 0 Å². The Balaban J connectivity index is 1.61. The van der Waals surface area contributed by atoms with Crippen molar-refractivity contribution in [2.75, 3.05) is 13.7 Å². The van der Waals surface area contributed by atoms with Crippen LogP contribution in [0.15, 0.2) is 16.8 Å². The molecule has 168 valence electrons. The van der Waals surface area contributed by atoms with E-state index >= 15 is 0 Å². The van der Waals surface area contributed by atoms with E-state index in [4.69, 9.17) is 9.57 Å². The fourth-order valence-electron chi connectivity index (χ4n) is 7.73. The fraction of sp³-hybridized carbons (Fsp3) is 0.840. The topological polar surface area (TPSA) is 68.1 Å². The normalized spacial score (nSPS) is 43.8. The van der Waals surface area contributed by atoms with Crippen LogP contribution in [0.4, 0.5) is 0 Å². The molecule has 1 heterocycles. The van der Waals surface area contributed by atoms with Gasteiger partial charge in [-0.25, -0.2) is 4.79 Å². The van der Waals surface area contributed by atoms with E-state index in [1.165, 1.54) is 5.71 Å². The Morgan fingerprint density at radius 1 is 1.20 bits per heavy atom. The highest BCUT2D eigenvalue weighted by Crippen LogP contribution is 2.67. The predicted octanol–water partition coefficient (Wildman–Crippen LogP) is 5.03. The van der Waals surface area contributed by atoms with Gasteiger partial charge in [-0.1, -0.05) is 32.3 Å². The Kier molecular flexibility index (Phi) is 5.80. The predicted molar refractivity (Wildman–Crippen MR) is 117 cm³/mol. The lowest BCUT2D eigenvalue weighted by Gasteiger charge is -2.59. The SMILES string of the molecule is CCCC1C(C2(C)CCC(=NOC)CC2)CCC2(C)C(C3=CC(=O)OC3)CCC12O. The first kappa shape index (κ1) is 21.9. The van der Waals surface area contributed by atoms with E-state index in [2.05, 4.69) is 25.9 Å². The van der Waals surface area contributed by atoms with Crippen LogP contribution in [0.1, 0.15) is 85.0 Å². The van der Waals surface area contributed by atoms with Crippen LogP contribution in [0, 0.1) is 28.6 Å². The minimum Gasteiger partial charge on any atom is -0.458 e. The summed E-state index contributed by atoms with van der Waals surface area (Å²) in [4.78, 5) is 16.7. The second-order valence-electron chi connectivity index (χ2n) is 10.8. The number of fused-ring (bicyclic) bond motifs is 1. The smallest absolute Gasteiger partial charge is 0.331 e. The van der Waals surface area contributed by atoms with Crippen LogP contribution in [0.2, 0.25) is 0 Å². The van der Waals surface area contributed by atoms with Crippen molar-refractivity contribution >= 4 is 11.7 Å². The summed E-state index contributed by atoms with van der Waals surface area (Å²) < 4.78 is 5.24. The molecule has 3 saturated carbocycles. The molecule has 0 radical (unpaired) electrons. The van der Waals surface area contributed by atoms with Crippen molar-refractivity contribution in [2.45, 2.75) is 90.6 Å². The number of hydrogen-bond acceptors (Lipinski definition) is 5. The molecule has 0 saturated heterocycles. The molecular weight excluding hydrogens is 378 g/mol. The van der Waals surface area contributed by atoms with Crippen LogP contribution in [0.25, 0.3) is 0 Å². The molecule has 5 atom stereocenters. The van der Waals surface area contributed by atoms with Gasteiger partial charge in [0.2, 0.25) is 0 Å². The number of hydrogen-bond donors (Lipinski definition) is 1. The summed E-state index contributed by atoms with van der Waals surface area (Å²) in [5.74, 6) is 0.893. The maximum absolute atomic E-state index is 12.3. The van der Waals surface area contributed by atoms with E-state index < -0.39 is 5.60 Å². The van der Waals surface area contributed by atoms with Crippen molar-refractivity contribution in [1.29, 1.82) is 0 Å². The molecule has 0 amide bonds. The summed E-state index contributed by atoms with van der Waals surface area (Å²) in [5.41, 5.74) is 1.70. The maximum Gasteiger partial charge on any atom is 0.331 e. The zero-order valence-corrected chi connectivity index (χ0v) is 19.2. The molecule has 30 heavy (non-hydrogen) atoms. The molecule has 0 spiro atoms. The third-order valence-electron chi connectivity index (χ3n) is 9.46. The Morgan fingerprint density at radius 3 is 2.53 bits per heavy atom. The van der Waals surface area contributed by atoms with Crippen molar-refractivity contribution in [3.05, 3.63) is 11.6 Å². The number of carbonyl (C=O) groups is 1. The molecule has 0 aromatic carbocycles. The lowest BCUT2D eigenvalue weighted by atomic mass is 9.48. The van der Waals surface area contributed by atoms with E-state index in [-0.39, 0.29) is 22.7 Å². The molecule has 0 aromatic heterocycles. The molecule has 3 aliphatic carbocycles. The van der Waals surface area contributed by atoms with Crippen molar-refractivity contribution in [1.82, 2.24) is 0 Å². The summed E-state index contributed by atoms with van der Waals surface area (Å²) in [6.07, 6.45) is 12.1. The van der Waals surface area contributed by atoms with E-state index in [0.29, 0.717) is 18.4 Å². The van der Waals surface area contributed by atoms with Crippen LogP contribution >= 0.6 is 0 Å². The molecule has 4 aliphatic rings. The lowest BCUT2D eigenvalue weighted by molar-refractivity contribution is -0.178. The average molecular weight is 418 g/mol. The molecule has 0 bridgehead atoms. The first-order valence-electron chi connectivity index (χ1n) is 12.0. The third kappa shape index (κ3) is 3.32. The summed E-state index contributed by atoms with van der Waals surface area (Å²) in [7, 11) is 1.63. The maximum atomic E-state index is 12.3. The highest BCUT2D eigenvalue weighted by Gasteiger charge is 2.65. The van der Waals surface area contributed by atoms with Gasteiger partial charge in [-0.15, -0.1) is 0 Å². The molecule has 1 N–H and O–H groups in total. The Hall–Kier alpha value is -1.36. The standard InChI is InChI=1S/C25H39NO4/c1-5-6-21-20(23(2)11-7-18(8-12-23)26-29-4)9-13-24(3)19(10-14-25(21,24)28)17-15-22(27)30-16-17/h15,19-21,28H,5-14,16H2,1-4H3. The van der Waals surface area contributed by atoms with Gasteiger partial charge in [0.15, 0.2) is 0 Å². The minimum atomic E-state index is -0.660. The quantitative estimate of drug-likeness (QED) is 0.503. The van der Waals surface area contributed by atoms with Gasteiger partial charge in [0.1, 0.15) is 13.7 Å². The highest BCUT2D eigenvalue weighted by molar-refractivity contribution is 5.85. The highest BCUT2D eigenvalue weighted by atomic mass is 16.6. The first-order valence-corrected chi connectivity index (χ1v) is 12.0. The number of carbonyl (C=O) groups excluding carboxylic acids is 1. The molecule has 5 nitrogen and oxygen atoms in total. The summed E-state index contributed by atoms with van der Waals surface area (Å²) in [6.45, 7) is 7.40. The lowest BCUT2D eigenvalue weighted by Crippen LogP contribution is -2.59. The summed E-state index contributed by atoms with van der Waals surface area (Å²) >= 11 is 0. The number of cyclic esters (lactones) is 1. The van der Waals surface area contributed by atoms with E-state index in [1.807, 2.05) is 0 Å². The molecule has 0 aromatic rings. The van der Waals surface area contributed by atoms with Crippen LogP contribution < -0.4 is 0 Å². The van der Waals surface area contributed by atoms with Gasteiger partial charge in [0, 0.05) is 11.5 Å². The fourth-order valence-corrected chi connectivity index (χ4v) is 7.73. The zero-order valence-electron chi connectivity index (χ0n) is 19.2. The molecular formula is C25H39NO4. The Labute approximate surface area is 181 Å². The number of ether oxygens (including phenoxy) is 1. The molecule has 4 rings (SSSR count). The van der Waals surface area contributed by atoms with Crippen molar-refractivity contribution in [2.24, 2.45) is 33.7 Å². The number of nitrogens with zero attached hydrogens (tertiary/aromatic N) is 1. The molecule has 1 aliphatic heterocycles. The number of rotatable bonds is 5. The van der Waals surface area contributed by atoms with Crippen LogP contribution in [-0.4, -0.2) is 36.1 Å². The second kappa shape index (κ2) is 7.96. The van der Waals surface area contributed by atoms with Gasteiger partial charge in [-0.2, -0.15) is 0 Å². The van der Waals surface area contributed by atoms with E-state index in [1.54, 1.807) is 13.2 Å². The van der Waals surface area contributed by atoms with Gasteiger partial charge < -0.3 is 14.7 Å². The van der Waals surface area contributed by atoms with Gasteiger partial charge in [-0.3, -0.25) is 0 Å². The number of esters is 1. The van der Waals surface area contributed by atoms with Crippen LogP contribution in [0.3, 0.4) is 0 Å². The molecule has 5 unspecified atom stereocenters. The van der Waals surface area contributed by atoms with E-state index in [9.17, 15) is 9.90 Å². The first-order chi connectivity index (χ1) is 14.3. The number of aliphatic hydroxyl groups is 1. The van der Waals surface area contributed by atoms with Crippen molar-refractivity contribution < 1.29 is 19.5 Å². The molecule has 5 heteroatoms. The van der Waals surface area contributed by atoms with Crippen LogP contribution in [-0.2, 0) is 14.4 Å². The second-order valence-corrected chi connectivity index (χ2v) is 10.8. The largest absolute Gasteiger partial charge is 0.458 e. The van der Waals surface area contributed by atoms with Gasteiger partial charge in [0.05, 0.1) is 11.3 Å². The number of oxime groups is 1. The zero-order chi connectivity index (χ0) is 21.6. The van der Waals surface area contributed by atoms with Gasteiger partial charge >= 0.3 is 5.97 Å². The Morgan fingerprint density at radius 2 is 1.93 bits per heavy atom. The minimum absolute atomic E-state index is 0.170. The average Bonchev–Trinajstić information content (AvgIpc) is 3.25. The summed E-state index contributed by atoms with van der Waals surface area (Å²) in [5, 5.41) is 16.5. The molecule has 3 fully saturated rings. The Bertz CT molecular complexity index is 733. The van der Waals surface area contributed by atoms with Gasteiger partial charge in [-0.05, 0) is 86.5 Å². The van der Waals surface area contributed by atoms with Crippen molar-refractivity contribution in [3.8, 4) is 0 Å². The van der Waals surface area contributed by atoms with Crippen molar-refractivity contribution in [3.63, 3.8) is 0 Å². The summed E-state index contributed by atoms with van der Waals surface area (Å²) in [6, 6.07) is 0. The van der Waals surface area contributed by atoms with Crippen LogP contribution in [0.5, 0.6) is 0 Å². The van der Waals surface area contributed by atoms with E-state index in [0.717, 1.165) is 69.8 Å².